The first-order valence-electron chi connectivity index (χ1n) is 7.95. The van der Waals surface area contributed by atoms with Crippen LogP contribution in [0.1, 0.15) is 27.6 Å². The van der Waals surface area contributed by atoms with Crippen molar-refractivity contribution < 1.29 is 28.3 Å². The molecule has 0 bridgehead atoms. The molecule has 0 atom stereocenters. The van der Waals surface area contributed by atoms with Crippen LogP contribution in [0.15, 0.2) is 48.5 Å². The van der Waals surface area contributed by atoms with Crippen LogP contribution < -0.4 is 10.6 Å². The van der Waals surface area contributed by atoms with Crippen molar-refractivity contribution in [1.29, 1.82) is 0 Å². The summed E-state index contributed by atoms with van der Waals surface area (Å²) in [7, 11) is 0. The van der Waals surface area contributed by atoms with E-state index in [-0.39, 0.29) is 11.3 Å². The fourth-order valence-corrected chi connectivity index (χ4v) is 2.07. The van der Waals surface area contributed by atoms with Crippen molar-refractivity contribution in [3.05, 3.63) is 65.5 Å². The van der Waals surface area contributed by atoms with Gasteiger partial charge in [0.2, 0.25) is 0 Å². The molecule has 0 fully saturated rings. The lowest BCUT2D eigenvalue weighted by molar-refractivity contribution is -0.146. The van der Waals surface area contributed by atoms with Crippen molar-refractivity contribution in [2.75, 3.05) is 18.5 Å². The van der Waals surface area contributed by atoms with Gasteiger partial charge in [0.05, 0.1) is 0 Å². The van der Waals surface area contributed by atoms with Crippen LogP contribution in [0.2, 0.25) is 0 Å². The summed E-state index contributed by atoms with van der Waals surface area (Å²) < 4.78 is 17.6. The first-order valence-corrected chi connectivity index (χ1v) is 7.95. The van der Waals surface area contributed by atoms with E-state index in [0.717, 1.165) is 12.1 Å². The summed E-state index contributed by atoms with van der Waals surface area (Å²) in [4.78, 5) is 46.5. The summed E-state index contributed by atoms with van der Waals surface area (Å²) in [5.41, 5.74) is 1.02. The second-order valence-corrected chi connectivity index (χ2v) is 5.54. The Kier molecular flexibility index (Phi) is 6.76. The van der Waals surface area contributed by atoms with Gasteiger partial charge in [-0.25, -0.2) is 4.39 Å². The molecule has 0 saturated heterocycles. The number of esters is 1. The Morgan fingerprint density at radius 2 is 1.70 bits per heavy atom. The minimum absolute atomic E-state index is 0.144. The number of Topliss-reactive ketones (excluding diaryl/α,β-unsaturated/α-hetero) is 1. The third-order valence-corrected chi connectivity index (χ3v) is 3.42. The molecule has 0 aliphatic carbocycles. The van der Waals surface area contributed by atoms with Crippen LogP contribution in [0.3, 0.4) is 0 Å². The molecule has 0 aliphatic heterocycles. The molecule has 8 heteroatoms. The van der Waals surface area contributed by atoms with E-state index in [1.807, 2.05) is 0 Å². The fourth-order valence-electron chi connectivity index (χ4n) is 2.07. The third kappa shape index (κ3) is 6.35. The van der Waals surface area contributed by atoms with E-state index < -0.39 is 36.8 Å². The van der Waals surface area contributed by atoms with Gasteiger partial charge in [-0.05, 0) is 43.3 Å². The van der Waals surface area contributed by atoms with Crippen molar-refractivity contribution in [3.8, 4) is 0 Å². The van der Waals surface area contributed by atoms with Gasteiger partial charge >= 0.3 is 5.97 Å². The van der Waals surface area contributed by atoms with Gasteiger partial charge in [0.1, 0.15) is 12.4 Å². The topological polar surface area (TPSA) is 102 Å². The van der Waals surface area contributed by atoms with E-state index in [0.29, 0.717) is 11.3 Å². The fraction of sp³-hybridized carbons (Fsp3) is 0.158. The Bertz CT molecular complexity index is 865. The zero-order valence-electron chi connectivity index (χ0n) is 14.5. The predicted molar refractivity (Wildman–Crippen MR) is 94.8 cm³/mol. The zero-order chi connectivity index (χ0) is 19.8. The largest absolute Gasteiger partial charge is 0.454 e. The highest BCUT2D eigenvalue weighted by molar-refractivity contribution is 5.98. The normalized spacial score (nSPS) is 10.0. The smallest absolute Gasteiger partial charge is 0.325 e. The third-order valence-electron chi connectivity index (χ3n) is 3.42. The molecule has 0 saturated carbocycles. The first kappa shape index (κ1) is 19.8. The number of anilines is 1. The maximum atomic E-state index is 12.8. The Morgan fingerprint density at radius 1 is 1.00 bits per heavy atom. The quantitative estimate of drug-likeness (QED) is 0.571. The molecule has 0 aliphatic rings. The molecule has 2 rings (SSSR count). The molecule has 2 aromatic carbocycles. The second-order valence-electron chi connectivity index (χ2n) is 5.54. The average molecular weight is 372 g/mol. The van der Waals surface area contributed by atoms with Crippen molar-refractivity contribution in [3.63, 3.8) is 0 Å². The summed E-state index contributed by atoms with van der Waals surface area (Å²) in [6, 6.07) is 11.1. The summed E-state index contributed by atoms with van der Waals surface area (Å²) in [5, 5.41) is 4.80. The van der Waals surface area contributed by atoms with Crippen molar-refractivity contribution >= 4 is 29.3 Å². The van der Waals surface area contributed by atoms with Crippen LogP contribution in [0, 0.1) is 5.82 Å². The maximum Gasteiger partial charge on any atom is 0.325 e. The van der Waals surface area contributed by atoms with Crippen LogP contribution in [-0.2, 0) is 14.3 Å². The number of rotatable bonds is 7. The number of hydrogen-bond acceptors (Lipinski definition) is 5. The van der Waals surface area contributed by atoms with Gasteiger partial charge in [0.25, 0.3) is 11.8 Å². The standard InChI is InChI=1S/C19H17FN2O5/c1-12(23)14-3-2-4-16(9-14)22-17(24)11-27-18(25)10-21-19(26)13-5-7-15(20)8-6-13/h2-9H,10-11H2,1H3,(H,21,26)(H,22,24). The number of amides is 2. The van der Waals surface area contributed by atoms with Crippen molar-refractivity contribution in [2.45, 2.75) is 6.92 Å². The molecule has 0 spiro atoms. The van der Waals surface area contributed by atoms with Gasteiger partial charge in [-0.3, -0.25) is 19.2 Å². The van der Waals surface area contributed by atoms with E-state index in [1.54, 1.807) is 18.2 Å². The number of halogens is 1. The predicted octanol–water partition coefficient (Wildman–Crippen LogP) is 1.94. The van der Waals surface area contributed by atoms with Gasteiger partial charge in [-0.1, -0.05) is 12.1 Å². The number of benzene rings is 2. The Morgan fingerprint density at radius 3 is 2.37 bits per heavy atom. The molecule has 2 N–H and O–H groups in total. The minimum atomic E-state index is -0.807. The van der Waals surface area contributed by atoms with E-state index in [4.69, 9.17) is 4.74 Å². The van der Waals surface area contributed by atoms with Gasteiger partial charge in [0, 0.05) is 16.8 Å². The van der Waals surface area contributed by atoms with E-state index >= 15 is 0 Å². The van der Waals surface area contributed by atoms with Gasteiger partial charge in [0.15, 0.2) is 12.4 Å². The molecular weight excluding hydrogens is 355 g/mol. The molecule has 0 radical (unpaired) electrons. The number of ether oxygens (including phenoxy) is 1. The van der Waals surface area contributed by atoms with Crippen LogP contribution in [0.4, 0.5) is 10.1 Å². The highest BCUT2D eigenvalue weighted by Gasteiger charge is 2.11. The van der Waals surface area contributed by atoms with E-state index in [9.17, 15) is 23.6 Å². The van der Waals surface area contributed by atoms with Gasteiger partial charge in [-0.15, -0.1) is 0 Å². The lowest BCUT2D eigenvalue weighted by Gasteiger charge is -2.08. The Labute approximate surface area is 154 Å². The lowest BCUT2D eigenvalue weighted by atomic mass is 10.1. The van der Waals surface area contributed by atoms with E-state index in [1.165, 1.54) is 25.1 Å². The van der Waals surface area contributed by atoms with Gasteiger partial charge < -0.3 is 15.4 Å². The van der Waals surface area contributed by atoms with Crippen LogP contribution in [-0.4, -0.2) is 36.7 Å². The molecule has 27 heavy (non-hydrogen) atoms. The monoisotopic (exact) mass is 372 g/mol. The number of carbonyl (C=O) groups excluding carboxylic acids is 4. The van der Waals surface area contributed by atoms with Crippen LogP contribution in [0.5, 0.6) is 0 Å². The molecule has 2 aromatic rings. The SMILES string of the molecule is CC(=O)c1cccc(NC(=O)COC(=O)CNC(=O)c2ccc(F)cc2)c1. The molecule has 0 aromatic heterocycles. The number of carbonyl (C=O) groups is 4. The second kappa shape index (κ2) is 9.23. The molecule has 0 unspecified atom stereocenters. The number of hydrogen-bond donors (Lipinski definition) is 2. The average Bonchev–Trinajstić information content (AvgIpc) is 2.65. The lowest BCUT2D eigenvalue weighted by Crippen LogP contribution is -2.32. The van der Waals surface area contributed by atoms with Gasteiger partial charge in [-0.2, -0.15) is 0 Å². The first-order chi connectivity index (χ1) is 12.8. The molecule has 2 amide bonds. The molecular formula is C19H17FN2O5. The van der Waals surface area contributed by atoms with E-state index in [2.05, 4.69) is 10.6 Å². The number of nitrogens with one attached hydrogen (secondary N) is 2. The van der Waals surface area contributed by atoms with Crippen molar-refractivity contribution in [1.82, 2.24) is 5.32 Å². The van der Waals surface area contributed by atoms with Crippen LogP contribution in [0.25, 0.3) is 0 Å². The Hall–Kier alpha value is -3.55. The molecule has 140 valence electrons. The highest BCUT2D eigenvalue weighted by atomic mass is 19.1. The van der Waals surface area contributed by atoms with Crippen molar-refractivity contribution in [2.24, 2.45) is 0 Å². The minimum Gasteiger partial charge on any atom is -0.454 e. The zero-order valence-corrected chi connectivity index (χ0v) is 14.5. The maximum absolute atomic E-state index is 12.8. The molecule has 0 heterocycles. The summed E-state index contributed by atoms with van der Waals surface area (Å²) in [6.07, 6.45) is 0. The summed E-state index contributed by atoms with van der Waals surface area (Å²) >= 11 is 0. The number of ketones is 1. The molecule has 7 nitrogen and oxygen atoms in total. The Balaban J connectivity index is 1.75. The summed E-state index contributed by atoms with van der Waals surface area (Å²) in [5.74, 6) is -2.59. The summed E-state index contributed by atoms with van der Waals surface area (Å²) in [6.45, 7) is 0.418. The van der Waals surface area contributed by atoms with Crippen LogP contribution >= 0.6 is 0 Å². The highest BCUT2D eigenvalue weighted by Crippen LogP contribution is 2.11.